The van der Waals surface area contributed by atoms with Gasteiger partial charge >= 0.3 is 12.1 Å². The molecule has 3 unspecified atom stereocenters. The summed E-state index contributed by atoms with van der Waals surface area (Å²) in [4.78, 5) is 55.1. The number of anilines is 1. The number of carbonyl (C=O) groups excluding carboxylic acids is 4. The van der Waals surface area contributed by atoms with Crippen molar-refractivity contribution in [1.29, 1.82) is 0 Å². The Balaban J connectivity index is 1.47. The van der Waals surface area contributed by atoms with Crippen LogP contribution in [0.2, 0.25) is 0 Å². The number of nitrogens with zero attached hydrogens (tertiary/aromatic N) is 2. The Hall–Kier alpha value is -3.95. The van der Waals surface area contributed by atoms with Crippen molar-refractivity contribution in [2.45, 2.75) is 65.0 Å². The summed E-state index contributed by atoms with van der Waals surface area (Å²) in [6, 6.07) is 12.1. The minimum Gasteiger partial charge on any atom is -0.444 e. The lowest BCUT2D eigenvalue weighted by atomic mass is 9.87. The van der Waals surface area contributed by atoms with Gasteiger partial charge in [0.15, 0.2) is 5.78 Å². The van der Waals surface area contributed by atoms with Crippen molar-refractivity contribution in [3.05, 3.63) is 65.5 Å². The third-order valence-corrected chi connectivity index (χ3v) is 7.69. The molecule has 2 aromatic rings. The molecule has 0 aliphatic carbocycles. The Labute approximate surface area is 246 Å². The van der Waals surface area contributed by atoms with Crippen LogP contribution in [0.3, 0.4) is 0 Å². The monoisotopic (exact) mass is 580 g/mol. The van der Waals surface area contributed by atoms with E-state index in [1.807, 2.05) is 4.90 Å². The second kappa shape index (κ2) is 13.4. The van der Waals surface area contributed by atoms with E-state index in [1.54, 1.807) is 62.1 Å². The maximum atomic E-state index is 14.0. The van der Waals surface area contributed by atoms with Crippen molar-refractivity contribution in [3.63, 3.8) is 0 Å². The van der Waals surface area contributed by atoms with Crippen LogP contribution in [0.4, 0.5) is 19.7 Å². The van der Waals surface area contributed by atoms with Gasteiger partial charge < -0.3 is 25.2 Å². The van der Waals surface area contributed by atoms with Gasteiger partial charge in [0.05, 0.1) is 5.92 Å². The Kier molecular flexibility index (Phi) is 9.85. The summed E-state index contributed by atoms with van der Waals surface area (Å²) in [7, 11) is 0. The largest absolute Gasteiger partial charge is 0.444 e. The number of ketones is 1. The Morgan fingerprint density at radius 2 is 1.71 bits per heavy atom. The summed E-state index contributed by atoms with van der Waals surface area (Å²) >= 11 is 0. The van der Waals surface area contributed by atoms with Crippen LogP contribution >= 0.6 is 0 Å². The van der Waals surface area contributed by atoms with Gasteiger partial charge in [0.1, 0.15) is 11.4 Å². The molecule has 2 aromatic carbocycles. The van der Waals surface area contributed by atoms with Crippen molar-refractivity contribution in [2.75, 3.05) is 31.5 Å². The van der Waals surface area contributed by atoms with Crippen LogP contribution in [0, 0.1) is 17.7 Å². The van der Waals surface area contributed by atoms with Crippen molar-refractivity contribution in [2.24, 2.45) is 11.8 Å². The maximum absolute atomic E-state index is 14.0. The van der Waals surface area contributed by atoms with Crippen LogP contribution < -0.4 is 10.6 Å². The number of nitrogens with one attached hydrogen (secondary N) is 2. The number of hydrogen-bond donors (Lipinski definition) is 2. The van der Waals surface area contributed by atoms with E-state index < -0.39 is 29.7 Å². The zero-order valence-electron chi connectivity index (χ0n) is 24.8. The van der Waals surface area contributed by atoms with Gasteiger partial charge in [-0.15, -0.1) is 0 Å². The molecule has 2 aliphatic rings. The standard InChI is InChI=1S/C32H41FN4O5/c1-21(38)24-8-5-9-26(18-24)34-30(40)35-28-14-16-37(31(41)42-32(2,3)4)20-27(28)29(39)36-15-6-7-23(19-36)17-22-10-12-25(33)13-11-22/h5,8-13,18,23,27-28H,6-7,14-17,19-20H2,1-4H3,(H2,34,35,40). The molecule has 2 N–H and O–H groups in total. The molecule has 3 atom stereocenters. The first kappa shape index (κ1) is 31.0. The zero-order chi connectivity index (χ0) is 30.4. The van der Waals surface area contributed by atoms with Gasteiger partial charge in [0.2, 0.25) is 5.91 Å². The molecule has 226 valence electrons. The molecule has 2 aliphatic heterocycles. The lowest BCUT2D eigenvalue weighted by Crippen LogP contribution is -2.59. The van der Waals surface area contributed by atoms with Gasteiger partial charge in [-0.1, -0.05) is 24.3 Å². The quantitative estimate of drug-likeness (QED) is 0.454. The number of carbonyl (C=O) groups is 4. The minimum absolute atomic E-state index is 0.113. The first-order valence-corrected chi connectivity index (χ1v) is 14.6. The summed E-state index contributed by atoms with van der Waals surface area (Å²) in [5.74, 6) is -0.943. The van der Waals surface area contributed by atoms with E-state index in [2.05, 4.69) is 10.6 Å². The Bertz CT molecular complexity index is 1290. The van der Waals surface area contributed by atoms with Crippen LogP contribution in [0.1, 0.15) is 62.9 Å². The summed E-state index contributed by atoms with van der Waals surface area (Å²) in [6.07, 6.45) is 2.42. The van der Waals surface area contributed by atoms with Gasteiger partial charge in [-0.3, -0.25) is 9.59 Å². The summed E-state index contributed by atoms with van der Waals surface area (Å²) in [5, 5.41) is 5.72. The fourth-order valence-electron chi connectivity index (χ4n) is 5.64. The number of rotatable bonds is 6. The zero-order valence-corrected chi connectivity index (χ0v) is 24.8. The molecule has 9 nitrogen and oxygen atoms in total. The fraction of sp³-hybridized carbons (Fsp3) is 0.500. The number of halogens is 1. The van der Waals surface area contributed by atoms with Gasteiger partial charge in [-0.05, 0) is 89.1 Å². The highest BCUT2D eigenvalue weighted by molar-refractivity contribution is 5.97. The van der Waals surface area contributed by atoms with E-state index in [0.29, 0.717) is 37.3 Å². The summed E-state index contributed by atoms with van der Waals surface area (Å²) < 4.78 is 19.0. The van der Waals surface area contributed by atoms with E-state index in [-0.39, 0.29) is 30.0 Å². The second-order valence-electron chi connectivity index (χ2n) is 12.3. The van der Waals surface area contributed by atoms with E-state index in [9.17, 15) is 23.6 Å². The third-order valence-electron chi connectivity index (χ3n) is 7.69. The second-order valence-corrected chi connectivity index (χ2v) is 12.3. The van der Waals surface area contributed by atoms with Crippen LogP contribution in [0.25, 0.3) is 0 Å². The topological polar surface area (TPSA) is 108 Å². The van der Waals surface area contributed by atoms with Gasteiger partial charge in [0, 0.05) is 43.5 Å². The lowest BCUT2D eigenvalue weighted by Gasteiger charge is -2.42. The molecular weight excluding hydrogens is 539 g/mol. The predicted octanol–water partition coefficient (Wildman–Crippen LogP) is 5.26. The van der Waals surface area contributed by atoms with Crippen LogP contribution in [-0.2, 0) is 16.0 Å². The van der Waals surface area contributed by atoms with E-state index >= 15 is 0 Å². The Morgan fingerprint density at radius 3 is 2.40 bits per heavy atom. The van der Waals surface area contributed by atoms with E-state index in [1.165, 1.54) is 19.1 Å². The molecule has 2 saturated heterocycles. The molecular formula is C32H41FN4O5. The smallest absolute Gasteiger partial charge is 0.410 e. The van der Waals surface area contributed by atoms with E-state index in [4.69, 9.17) is 4.74 Å². The molecule has 0 spiro atoms. The number of piperidine rings is 2. The SMILES string of the molecule is CC(=O)c1cccc(NC(=O)NC2CCN(C(=O)OC(C)(C)C)CC2C(=O)N2CCCC(Cc3ccc(F)cc3)C2)c1. The number of ether oxygens (including phenoxy) is 1. The Morgan fingerprint density at radius 1 is 0.976 bits per heavy atom. The van der Waals surface area contributed by atoms with Crippen LogP contribution in [-0.4, -0.2) is 71.4 Å². The van der Waals surface area contributed by atoms with Gasteiger partial charge in [-0.2, -0.15) is 0 Å². The molecule has 4 amide bonds. The van der Waals surface area contributed by atoms with Crippen molar-refractivity contribution < 1.29 is 28.3 Å². The molecule has 4 rings (SSSR count). The average molecular weight is 581 g/mol. The first-order chi connectivity index (χ1) is 19.9. The third kappa shape index (κ3) is 8.53. The van der Waals surface area contributed by atoms with Crippen LogP contribution in [0.15, 0.2) is 48.5 Å². The highest BCUT2D eigenvalue weighted by Crippen LogP contribution is 2.27. The number of urea groups is 1. The fourth-order valence-corrected chi connectivity index (χ4v) is 5.64. The molecule has 2 fully saturated rings. The lowest BCUT2D eigenvalue weighted by molar-refractivity contribution is -0.140. The van der Waals surface area contributed by atoms with Gasteiger partial charge in [-0.25, -0.2) is 14.0 Å². The molecule has 10 heteroatoms. The number of likely N-dealkylation sites (tertiary alicyclic amines) is 2. The van der Waals surface area contributed by atoms with Crippen molar-refractivity contribution in [1.82, 2.24) is 15.1 Å². The van der Waals surface area contributed by atoms with Crippen molar-refractivity contribution >= 4 is 29.5 Å². The van der Waals surface area contributed by atoms with E-state index in [0.717, 1.165) is 24.8 Å². The van der Waals surface area contributed by atoms with Crippen molar-refractivity contribution in [3.8, 4) is 0 Å². The number of amides is 4. The maximum Gasteiger partial charge on any atom is 0.410 e. The molecule has 0 aromatic heterocycles. The molecule has 0 bridgehead atoms. The normalized spacial score (nSPS) is 20.9. The molecule has 42 heavy (non-hydrogen) atoms. The number of hydrogen-bond acceptors (Lipinski definition) is 5. The number of Topliss-reactive ketones (excluding diaryl/α,β-unsaturated/α-hetero) is 1. The highest BCUT2D eigenvalue weighted by atomic mass is 19.1. The first-order valence-electron chi connectivity index (χ1n) is 14.6. The number of benzene rings is 2. The molecule has 0 saturated carbocycles. The van der Waals surface area contributed by atoms with Crippen LogP contribution in [0.5, 0.6) is 0 Å². The predicted molar refractivity (Wildman–Crippen MR) is 158 cm³/mol. The average Bonchev–Trinajstić information content (AvgIpc) is 2.93. The summed E-state index contributed by atoms with van der Waals surface area (Å²) in [6.45, 7) is 8.44. The van der Waals surface area contributed by atoms with Gasteiger partial charge in [0.25, 0.3) is 0 Å². The highest BCUT2D eigenvalue weighted by Gasteiger charge is 2.41. The molecule has 2 heterocycles. The minimum atomic E-state index is -0.680. The summed E-state index contributed by atoms with van der Waals surface area (Å²) in [5.41, 5.74) is 1.29. The molecule has 0 radical (unpaired) electrons.